The first kappa shape index (κ1) is 19.7. The first-order chi connectivity index (χ1) is 12.6. The van der Waals surface area contributed by atoms with E-state index in [4.69, 9.17) is 4.74 Å². The minimum Gasteiger partial charge on any atom is -0.497 e. The predicted molar refractivity (Wildman–Crippen MR) is 103 cm³/mol. The maximum absolute atomic E-state index is 12.0. The Kier molecular flexibility index (Phi) is 7.83. The molecule has 138 valence electrons. The van der Waals surface area contributed by atoms with E-state index in [0.29, 0.717) is 5.56 Å². The van der Waals surface area contributed by atoms with Crippen molar-refractivity contribution < 1.29 is 14.3 Å². The van der Waals surface area contributed by atoms with Crippen LogP contribution in [-0.2, 0) is 11.2 Å². The summed E-state index contributed by atoms with van der Waals surface area (Å²) < 4.78 is 5.15. The van der Waals surface area contributed by atoms with Crippen LogP contribution in [0, 0.1) is 0 Å². The van der Waals surface area contributed by atoms with Crippen LogP contribution in [0.15, 0.2) is 54.6 Å². The Labute approximate surface area is 155 Å². The molecule has 0 saturated heterocycles. The Morgan fingerprint density at radius 2 is 1.73 bits per heavy atom. The fourth-order valence-corrected chi connectivity index (χ4v) is 2.63. The molecule has 0 unspecified atom stereocenters. The summed E-state index contributed by atoms with van der Waals surface area (Å²) in [5.74, 6) is 0.634. The van der Waals surface area contributed by atoms with E-state index in [9.17, 15) is 9.59 Å². The van der Waals surface area contributed by atoms with Crippen molar-refractivity contribution in [2.45, 2.75) is 12.8 Å². The summed E-state index contributed by atoms with van der Waals surface area (Å²) in [5, 5.41) is 2.69. The van der Waals surface area contributed by atoms with Gasteiger partial charge in [0.2, 0.25) is 5.91 Å². The number of rotatable bonds is 10. The second-order valence-corrected chi connectivity index (χ2v) is 6.26. The van der Waals surface area contributed by atoms with Gasteiger partial charge in [-0.05, 0) is 44.1 Å². The smallest absolute Gasteiger partial charge is 0.234 e. The molecule has 0 radical (unpaired) electrons. The van der Waals surface area contributed by atoms with Crippen LogP contribution in [0.2, 0.25) is 0 Å². The SMILES string of the molecule is COc1ccc(CCCN(C)CC(=O)NCC(=O)c2ccccc2)cc1. The third-order valence-electron chi connectivity index (χ3n) is 4.12. The van der Waals surface area contributed by atoms with Crippen LogP contribution in [-0.4, -0.2) is 50.4 Å². The van der Waals surface area contributed by atoms with Gasteiger partial charge in [-0.2, -0.15) is 0 Å². The number of nitrogens with zero attached hydrogens (tertiary/aromatic N) is 1. The monoisotopic (exact) mass is 354 g/mol. The van der Waals surface area contributed by atoms with Gasteiger partial charge in [0.05, 0.1) is 20.2 Å². The number of amides is 1. The molecule has 0 spiro atoms. The summed E-state index contributed by atoms with van der Waals surface area (Å²) in [5.41, 5.74) is 1.86. The van der Waals surface area contributed by atoms with Crippen LogP contribution in [0.4, 0.5) is 0 Å². The average Bonchev–Trinajstić information content (AvgIpc) is 2.67. The highest BCUT2D eigenvalue weighted by atomic mass is 16.5. The molecule has 0 fully saturated rings. The normalized spacial score (nSPS) is 10.6. The first-order valence-electron chi connectivity index (χ1n) is 8.75. The lowest BCUT2D eigenvalue weighted by Crippen LogP contribution is -2.38. The van der Waals surface area contributed by atoms with Crippen molar-refractivity contribution in [2.75, 3.05) is 33.8 Å². The van der Waals surface area contributed by atoms with Gasteiger partial charge >= 0.3 is 0 Å². The maximum atomic E-state index is 12.0. The predicted octanol–water partition coefficient (Wildman–Crippen LogP) is 2.56. The molecule has 2 aromatic carbocycles. The third kappa shape index (κ3) is 6.69. The lowest BCUT2D eigenvalue weighted by molar-refractivity contribution is -0.121. The maximum Gasteiger partial charge on any atom is 0.234 e. The van der Waals surface area contributed by atoms with Crippen LogP contribution < -0.4 is 10.1 Å². The van der Waals surface area contributed by atoms with Crippen molar-refractivity contribution >= 4 is 11.7 Å². The van der Waals surface area contributed by atoms with Gasteiger partial charge in [-0.3, -0.25) is 14.5 Å². The van der Waals surface area contributed by atoms with Crippen molar-refractivity contribution in [1.82, 2.24) is 10.2 Å². The zero-order valence-electron chi connectivity index (χ0n) is 15.4. The van der Waals surface area contributed by atoms with Crippen molar-refractivity contribution in [3.63, 3.8) is 0 Å². The second-order valence-electron chi connectivity index (χ2n) is 6.26. The van der Waals surface area contributed by atoms with E-state index < -0.39 is 0 Å². The lowest BCUT2D eigenvalue weighted by Gasteiger charge is -2.16. The number of ether oxygens (including phenoxy) is 1. The van der Waals surface area contributed by atoms with Crippen molar-refractivity contribution in [2.24, 2.45) is 0 Å². The van der Waals surface area contributed by atoms with E-state index in [2.05, 4.69) is 17.4 Å². The van der Waals surface area contributed by atoms with Crippen LogP contribution in [0.25, 0.3) is 0 Å². The summed E-state index contributed by atoms with van der Waals surface area (Å²) in [6.07, 6.45) is 1.90. The van der Waals surface area contributed by atoms with Gasteiger partial charge in [0.25, 0.3) is 0 Å². The largest absolute Gasteiger partial charge is 0.497 e. The van der Waals surface area contributed by atoms with Crippen LogP contribution in [0.5, 0.6) is 5.75 Å². The van der Waals surface area contributed by atoms with Crippen LogP contribution in [0.1, 0.15) is 22.3 Å². The molecule has 5 heteroatoms. The molecule has 0 aromatic heterocycles. The van der Waals surface area contributed by atoms with Gasteiger partial charge < -0.3 is 10.1 Å². The Hall–Kier alpha value is -2.66. The number of nitrogens with one attached hydrogen (secondary N) is 1. The highest BCUT2D eigenvalue weighted by molar-refractivity contribution is 5.99. The molecular formula is C21H26N2O3. The van der Waals surface area contributed by atoms with E-state index in [1.807, 2.05) is 42.3 Å². The molecule has 0 aliphatic heterocycles. The number of likely N-dealkylation sites (N-methyl/N-ethyl adjacent to an activating group) is 1. The lowest BCUT2D eigenvalue weighted by atomic mass is 10.1. The Bertz CT molecular complexity index is 699. The van der Waals surface area contributed by atoms with Gasteiger partial charge in [0.15, 0.2) is 5.78 Å². The number of hydrogen-bond acceptors (Lipinski definition) is 4. The zero-order chi connectivity index (χ0) is 18.8. The summed E-state index contributed by atoms with van der Waals surface area (Å²) in [4.78, 5) is 25.9. The van der Waals surface area contributed by atoms with E-state index in [1.165, 1.54) is 5.56 Å². The molecule has 5 nitrogen and oxygen atoms in total. The van der Waals surface area contributed by atoms with Crippen molar-refractivity contribution in [3.05, 3.63) is 65.7 Å². The van der Waals surface area contributed by atoms with Crippen LogP contribution >= 0.6 is 0 Å². The van der Waals surface area contributed by atoms with Gasteiger partial charge in [0, 0.05) is 5.56 Å². The zero-order valence-corrected chi connectivity index (χ0v) is 15.4. The van der Waals surface area contributed by atoms with E-state index in [1.54, 1.807) is 19.2 Å². The molecule has 0 aliphatic carbocycles. The number of aryl methyl sites for hydroxylation is 1. The molecule has 2 aromatic rings. The van der Waals surface area contributed by atoms with E-state index in [-0.39, 0.29) is 24.8 Å². The number of benzene rings is 2. The fraction of sp³-hybridized carbons (Fsp3) is 0.333. The van der Waals surface area contributed by atoms with Gasteiger partial charge in [-0.1, -0.05) is 42.5 Å². The molecule has 1 amide bonds. The van der Waals surface area contributed by atoms with Gasteiger partial charge in [-0.15, -0.1) is 0 Å². The van der Waals surface area contributed by atoms with Gasteiger partial charge in [0.1, 0.15) is 5.75 Å². The van der Waals surface area contributed by atoms with Crippen LogP contribution in [0.3, 0.4) is 0 Å². The topological polar surface area (TPSA) is 58.6 Å². The number of ketones is 1. The third-order valence-corrected chi connectivity index (χ3v) is 4.12. The summed E-state index contributed by atoms with van der Waals surface area (Å²) in [6, 6.07) is 17.0. The van der Waals surface area contributed by atoms with Crippen molar-refractivity contribution in [1.29, 1.82) is 0 Å². The highest BCUT2D eigenvalue weighted by Crippen LogP contribution is 2.12. The first-order valence-corrected chi connectivity index (χ1v) is 8.75. The molecule has 0 atom stereocenters. The quantitative estimate of drug-likeness (QED) is 0.666. The number of methoxy groups -OCH3 is 1. The Morgan fingerprint density at radius 3 is 2.38 bits per heavy atom. The molecular weight excluding hydrogens is 328 g/mol. The fourth-order valence-electron chi connectivity index (χ4n) is 2.63. The number of Topliss-reactive ketones (excluding diaryl/α,β-unsaturated/α-hetero) is 1. The molecule has 0 bridgehead atoms. The molecule has 26 heavy (non-hydrogen) atoms. The summed E-state index contributed by atoms with van der Waals surface area (Å²) >= 11 is 0. The molecule has 0 aliphatic rings. The Morgan fingerprint density at radius 1 is 1.04 bits per heavy atom. The number of hydrogen-bond donors (Lipinski definition) is 1. The van der Waals surface area contributed by atoms with Gasteiger partial charge in [-0.25, -0.2) is 0 Å². The Balaban J connectivity index is 1.64. The van der Waals surface area contributed by atoms with E-state index >= 15 is 0 Å². The minimum atomic E-state index is -0.138. The standard InChI is InChI=1S/C21H26N2O3/c1-23(14-6-7-17-10-12-19(26-2)13-11-17)16-21(25)22-15-20(24)18-8-4-3-5-9-18/h3-5,8-13H,6-7,14-16H2,1-2H3,(H,22,25). The molecule has 2 rings (SSSR count). The molecule has 0 heterocycles. The van der Waals surface area contributed by atoms with Crippen molar-refractivity contribution in [3.8, 4) is 5.75 Å². The number of carbonyl (C=O) groups is 2. The second kappa shape index (κ2) is 10.4. The minimum absolute atomic E-state index is 0.0303. The summed E-state index contributed by atoms with van der Waals surface area (Å²) in [7, 11) is 3.56. The summed E-state index contributed by atoms with van der Waals surface area (Å²) in [6.45, 7) is 1.12. The van der Waals surface area contributed by atoms with E-state index in [0.717, 1.165) is 25.1 Å². The average molecular weight is 354 g/mol. The number of carbonyl (C=O) groups excluding carboxylic acids is 2. The molecule has 0 saturated carbocycles. The highest BCUT2D eigenvalue weighted by Gasteiger charge is 2.10. The molecule has 1 N–H and O–H groups in total.